The third-order valence-corrected chi connectivity index (χ3v) is 5.74. The normalized spacial score (nSPS) is 16.7. The van der Waals surface area contributed by atoms with Crippen LogP contribution in [0.5, 0.6) is 0 Å². The van der Waals surface area contributed by atoms with Crippen LogP contribution in [0.3, 0.4) is 0 Å². The maximum atomic E-state index is 12.9. The molecule has 30 heavy (non-hydrogen) atoms. The molecule has 0 aliphatic carbocycles. The van der Waals surface area contributed by atoms with Crippen LogP contribution in [0, 0.1) is 0 Å². The molecule has 4 rings (SSSR count). The summed E-state index contributed by atoms with van der Waals surface area (Å²) in [5.74, 6) is 2.29. The van der Waals surface area contributed by atoms with Gasteiger partial charge in [-0.15, -0.1) is 10.2 Å². The predicted octanol–water partition coefficient (Wildman–Crippen LogP) is 3.66. The van der Waals surface area contributed by atoms with Gasteiger partial charge < -0.3 is 13.9 Å². The molecule has 1 amide bonds. The van der Waals surface area contributed by atoms with Gasteiger partial charge in [0.25, 0.3) is 0 Å². The number of hydrogen-bond acceptors (Lipinski definition) is 5. The summed E-state index contributed by atoms with van der Waals surface area (Å²) in [6.07, 6.45) is 10.4. The Morgan fingerprint density at radius 2 is 1.90 bits per heavy atom. The summed E-state index contributed by atoms with van der Waals surface area (Å²) in [6.45, 7) is 0.783. The van der Waals surface area contributed by atoms with E-state index in [1.165, 1.54) is 5.56 Å². The Bertz CT molecular complexity index is 949. The molecule has 0 spiro atoms. The zero-order valence-corrected chi connectivity index (χ0v) is 17.5. The molecule has 158 valence electrons. The highest BCUT2D eigenvalue weighted by molar-refractivity contribution is 5.76. The van der Waals surface area contributed by atoms with E-state index in [9.17, 15) is 4.79 Å². The van der Waals surface area contributed by atoms with Crippen LogP contribution in [0.2, 0.25) is 0 Å². The molecule has 0 N–H and O–H groups in total. The molecule has 1 saturated heterocycles. The minimum absolute atomic E-state index is 0.0579. The van der Waals surface area contributed by atoms with Crippen LogP contribution in [0.1, 0.15) is 61.3 Å². The van der Waals surface area contributed by atoms with E-state index < -0.39 is 0 Å². The predicted molar refractivity (Wildman–Crippen MR) is 113 cm³/mol. The molecule has 0 saturated carbocycles. The Hall–Kier alpha value is -2.96. The molecule has 3 heterocycles. The maximum absolute atomic E-state index is 12.9. The quantitative estimate of drug-likeness (QED) is 0.569. The van der Waals surface area contributed by atoms with E-state index in [0.29, 0.717) is 24.6 Å². The van der Waals surface area contributed by atoms with Gasteiger partial charge in [0, 0.05) is 45.2 Å². The fourth-order valence-electron chi connectivity index (χ4n) is 4.13. The number of piperidine rings is 1. The fraction of sp³-hybridized carbons (Fsp3) is 0.478. The number of carbonyl (C=O) groups excluding carboxylic acids is 1. The second kappa shape index (κ2) is 9.69. The topological polar surface area (TPSA) is 77.1 Å². The Morgan fingerprint density at radius 3 is 2.67 bits per heavy atom. The lowest BCUT2D eigenvalue weighted by molar-refractivity contribution is -0.135. The zero-order valence-electron chi connectivity index (χ0n) is 17.5. The van der Waals surface area contributed by atoms with E-state index in [2.05, 4.69) is 39.4 Å². The van der Waals surface area contributed by atoms with Gasteiger partial charge >= 0.3 is 0 Å². The minimum atomic E-state index is 0.0579. The summed E-state index contributed by atoms with van der Waals surface area (Å²) < 4.78 is 7.78. The Balaban J connectivity index is 1.28. The standard InChI is InChI=1S/C23H29N5O2/c1-27-17-15-24-23(27)19-11-5-6-16-28(19)22(29)14-13-21-26-25-20(30-21)12-7-10-18-8-3-2-4-9-18/h2-4,8-9,15,17,19H,5-7,10-14,16H2,1H3/t19-/m0/s1. The van der Waals surface area contributed by atoms with Gasteiger partial charge in [0.05, 0.1) is 6.04 Å². The number of amides is 1. The van der Waals surface area contributed by atoms with E-state index in [-0.39, 0.29) is 11.9 Å². The number of likely N-dealkylation sites (tertiary alicyclic amines) is 1. The van der Waals surface area contributed by atoms with Crippen LogP contribution >= 0.6 is 0 Å². The molecule has 1 aliphatic rings. The number of imidazole rings is 1. The fourth-order valence-corrected chi connectivity index (χ4v) is 4.13. The largest absolute Gasteiger partial charge is 0.425 e. The first-order chi connectivity index (χ1) is 14.7. The van der Waals surface area contributed by atoms with Crippen molar-refractivity contribution in [2.24, 2.45) is 7.05 Å². The minimum Gasteiger partial charge on any atom is -0.425 e. The first-order valence-corrected chi connectivity index (χ1v) is 10.8. The van der Waals surface area contributed by atoms with Crippen molar-refractivity contribution in [1.82, 2.24) is 24.6 Å². The molecule has 1 aliphatic heterocycles. The third-order valence-electron chi connectivity index (χ3n) is 5.74. The Morgan fingerprint density at radius 1 is 1.10 bits per heavy atom. The van der Waals surface area contributed by atoms with Gasteiger partial charge in [-0.05, 0) is 37.7 Å². The van der Waals surface area contributed by atoms with Crippen LogP contribution < -0.4 is 0 Å². The van der Waals surface area contributed by atoms with Gasteiger partial charge in [-0.1, -0.05) is 30.3 Å². The highest BCUT2D eigenvalue weighted by Gasteiger charge is 2.30. The lowest BCUT2D eigenvalue weighted by Crippen LogP contribution is -2.39. The van der Waals surface area contributed by atoms with Crippen molar-refractivity contribution in [3.8, 4) is 0 Å². The number of benzene rings is 1. The summed E-state index contributed by atoms with van der Waals surface area (Å²) in [7, 11) is 1.98. The number of rotatable bonds is 8. The highest BCUT2D eigenvalue weighted by Crippen LogP contribution is 2.30. The lowest BCUT2D eigenvalue weighted by atomic mass is 10.0. The zero-order chi connectivity index (χ0) is 20.8. The molecule has 1 aromatic carbocycles. The number of hydrogen-bond donors (Lipinski definition) is 0. The molecule has 7 heteroatoms. The average molecular weight is 408 g/mol. The summed E-state index contributed by atoms with van der Waals surface area (Å²) in [5.41, 5.74) is 1.31. The highest BCUT2D eigenvalue weighted by atomic mass is 16.4. The van der Waals surface area contributed by atoms with Crippen LogP contribution in [-0.2, 0) is 31.1 Å². The Kier molecular flexibility index (Phi) is 6.57. The summed E-state index contributed by atoms with van der Waals surface area (Å²) in [4.78, 5) is 19.4. The van der Waals surface area contributed by atoms with Crippen molar-refractivity contribution in [3.63, 3.8) is 0 Å². The summed E-state index contributed by atoms with van der Waals surface area (Å²) in [5, 5.41) is 8.29. The van der Waals surface area contributed by atoms with Gasteiger partial charge in [-0.3, -0.25) is 4.79 Å². The SMILES string of the molecule is Cn1ccnc1[C@@H]1CCCCN1C(=O)CCc1nnc(CCCc2ccccc2)o1. The molecule has 1 atom stereocenters. The molecule has 0 unspecified atom stereocenters. The molecule has 2 aromatic heterocycles. The first kappa shape index (κ1) is 20.3. The summed E-state index contributed by atoms with van der Waals surface area (Å²) in [6, 6.07) is 10.4. The number of nitrogens with zero attached hydrogens (tertiary/aromatic N) is 5. The van der Waals surface area contributed by atoms with Gasteiger partial charge in [-0.2, -0.15) is 0 Å². The molecule has 0 radical (unpaired) electrons. The molecule has 7 nitrogen and oxygen atoms in total. The van der Waals surface area contributed by atoms with Crippen molar-refractivity contribution in [1.29, 1.82) is 0 Å². The van der Waals surface area contributed by atoms with Gasteiger partial charge in [0.2, 0.25) is 17.7 Å². The van der Waals surface area contributed by atoms with Crippen molar-refractivity contribution >= 4 is 5.91 Å². The molecular formula is C23H29N5O2. The number of carbonyl (C=O) groups is 1. The molecule has 0 bridgehead atoms. The monoisotopic (exact) mass is 407 g/mol. The van der Waals surface area contributed by atoms with Crippen LogP contribution in [0.25, 0.3) is 0 Å². The molecule has 3 aromatic rings. The van der Waals surface area contributed by atoms with Gasteiger partial charge in [-0.25, -0.2) is 4.98 Å². The van der Waals surface area contributed by atoms with E-state index in [0.717, 1.165) is 50.9 Å². The second-order valence-corrected chi connectivity index (χ2v) is 7.92. The second-order valence-electron chi connectivity index (χ2n) is 7.92. The van der Waals surface area contributed by atoms with Crippen LogP contribution in [-0.4, -0.2) is 37.1 Å². The van der Waals surface area contributed by atoms with Gasteiger partial charge in [0.1, 0.15) is 5.82 Å². The maximum Gasteiger partial charge on any atom is 0.223 e. The average Bonchev–Trinajstić information content (AvgIpc) is 3.41. The lowest BCUT2D eigenvalue weighted by Gasteiger charge is -2.35. The van der Waals surface area contributed by atoms with Crippen LogP contribution in [0.15, 0.2) is 47.1 Å². The molecular weight excluding hydrogens is 378 g/mol. The van der Waals surface area contributed by atoms with Crippen molar-refractivity contribution in [2.45, 2.75) is 57.4 Å². The smallest absolute Gasteiger partial charge is 0.223 e. The number of aromatic nitrogens is 4. The van der Waals surface area contributed by atoms with E-state index in [4.69, 9.17) is 4.42 Å². The van der Waals surface area contributed by atoms with E-state index >= 15 is 0 Å². The first-order valence-electron chi connectivity index (χ1n) is 10.8. The third kappa shape index (κ3) is 4.96. The molecule has 1 fully saturated rings. The number of aryl methyl sites for hydroxylation is 4. The van der Waals surface area contributed by atoms with E-state index in [1.807, 2.05) is 28.8 Å². The van der Waals surface area contributed by atoms with Gasteiger partial charge in [0.15, 0.2) is 0 Å². The van der Waals surface area contributed by atoms with Crippen molar-refractivity contribution in [2.75, 3.05) is 6.54 Å². The van der Waals surface area contributed by atoms with E-state index in [1.54, 1.807) is 6.20 Å². The van der Waals surface area contributed by atoms with Crippen molar-refractivity contribution < 1.29 is 9.21 Å². The van der Waals surface area contributed by atoms with Crippen LogP contribution in [0.4, 0.5) is 0 Å². The summed E-state index contributed by atoms with van der Waals surface area (Å²) >= 11 is 0. The Labute approximate surface area is 177 Å². The van der Waals surface area contributed by atoms with Crippen molar-refractivity contribution in [3.05, 3.63) is 65.9 Å².